The summed E-state index contributed by atoms with van der Waals surface area (Å²) in [5, 5.41) is 7.60. The average molecular weight is 367 g/mol. The Morgan fingerprint density at radius 2 is 1.85 bits per heavy atom. The highest BCUT2D eigenvalue weighted by Crippen LogP contribution is 2.59. The highest BCUT2D eigenvalue weighted by Gasteiger charge is 2.58. The lowest BCUT2D eigenvalue weighted by Gasteiger charge is -2.32. The number of hydrogen-bond acceptors (Lipinski definition) is 3. The molecular weight excluding hydrogens is 336 g/mol. The van der Waals surface area contributed by atoms with Gasteiger partial charge in [-0.2, -0.15) is 5.10 Å². The van der Waals surface area contributed by atoms with E-state index in [0.717, 1.165) is 50.3 Å². The Morgan fingerprint density at radius 3 is 2.44 bits per heavy atom. The molecule has 1 aromatic carbocycles. The highest BCUT2D eigenvalue weighted by molar-refractivity contribution is 5.95. The normalized spacial score (nSPS) is 21.4. The molecule has 1 unspecified atom stereocenters. The number of rotatable bonds is 4. The van der Waals surface area contributed by atoms with Crippen LogP contribution in [0, 0.1) is 32.1 Å². The number of likely N-dealkylation sites (tertiary alicyclic amines) is 1. The van der Waals surface area contributed by atoms with Crippen molar-refractivity contribution in [2.75, 3.05) is 18.4 Å². The second kappa shape index (κ2) is 6.79. The van der Waals surface area contributed by atoms with Crippen molar-refractivity contribution in [3.05, 3.63) is 46.8 Å². The number of nitrogens with zero attached hydrogens (tertiary/aromatic N) is 3. The molecule has 2 aromatic rings. The van der Waals surface area contributed by atoms with Gasteiger partial charge in [0.15, 0.2) is 0 Å². The van der Waals surface area contributed by atoms with Crippen LogP contribution in [0.5, 0.6) is 0 Å². The van der Waals surface area contributed by atoms with Crippen molar-refractivity contribution in [3.63, 3.8) is 0 Å². The maximum absolute atomic E-state index is 12.8. The van der Waals surface area contributed by atoms with Crippen LogP contribution in [0.4, 0.5) is 5.69 Å². The van der Waals surface area contributed by atoms with Crippen LogP contribution >= 0.6 is 0 Å². The summed E-state index contributed by atoms with van der Waals surface area (Å²) in [5.74, 6) is 0.386. The topological polar surface area (TPSA) is 50.2 Å². The van der Waals surface area contributed by atoms with E-state index in [1.54, 1.807) is 0 Å². The molecule has 0 radical (unpaired) electrons. The van der Waals surface area contributed by atoms with Crippen molar-refractivity contribution >= 4 is 11.6 Å². The molecule has 27 heavy (non-hydrogen) atoms. The van der Waals surface area contributed by atoms with Gasteiger partial charge in [0.25, 0.3) is 0 Å². The number of anilines is 1. The van der Waals surface area contributed by atoms with E-state index in [0.29, 0.717) is 0 Å². The van der Waals surface area contributed by atoms with Gasteiger partial charge in [0.1, 0.15) is 0 Å². The van der Waals surface area contributed by atoms with Gasteiger partial charge in [0.05, 0.1) is 5.69 Å². The van der Waals surface area contributed by atoms with Crippen LogP contribution in [0.2, 0.25) is 0 Å². The second-order valence-electron chi connectivity index (χ2n) is 8.67. The molecule has 5 nitrogen and oxygen atoms in total. The third-order valence-corrected chi connectivity index (χ3v) is 6.36. The van der Waals surface area contributed by atoms with Crippen LogP contribution in [0.1, 0.15) is 41.6 Å². The Hall–Kier alpha value is -2.14. The summed E-state index contributed by atoms with van der Waals surface area (Å²) in [6.07, 6.45) is 5.41. The highest BCUT2D eigenvalue weighted by atomic mass is 16.2. The van der Waals surface area contributed by atoms with Crippen molar-refractivity contribution in [1.82, 2.24) is 14.7 Å². The first-order valence-corrected chi connectivity index (χ1v) is 9.95. The van der Waals surface area contributed by atoms with Gasteiger partial charge in [-0.25, -0.2) is 0 Å². The Kier molecular flexibility index (Phi) is 4.58. The zero-order valence-electron chi connectivity index (χ0n) is 16.9. The third kappa shape index (κ3) is 3.79. The Bertz CT molecular complexity index is 841. The van der Waals surface area contributed by atoms with Gasteiger partial charge in [-0.15, -0.1) is 0 Å². The van der Waals surface area contributed by atoms with Crippen LogP contribution < -0.4 is 5.32 Å². The van der Waals surface area contributed by atoms with E-state index >= 15 is 0 Å². The molecule has 1 spiro atoms. The fourth-order valence-electron chi connectivity index (χ4n) is 4.75. The fraction of sp³-hybridized carbons (Fsp3) is 0.545. The molecule has 2 fully saturated rings. The van der Waals surface area contributed by atoms with Crippen LogP contribution in [-0.4, -0.2) is 33.7 Å². The number of carbonyl (C=O) groups excluding carboxylic acids is 1. The van der Waals surface area contributed by atoms with E-state index in [2.05, 4.69) is 60.5 Å². The number of amides is 1. The van der Waals surface area contributed by atoms with Crippen LogP contribution in [0.15, 0.2) is 24.4 Å². The van der Waals surface area contributed by atoms with Crippen molar-refractivity contribution < 1.29 is 4.79 Å². The summed E-state index contributed by atoms with van der Waals surface area (Å²) in [4.78, 5) is 15.3. The van der Waals surface area contributed by atoms with Crippen molar-refractivity contribution in [2.24, 2.45) is 18.4 Å². The molecule has 4 rings (SSSR count). The van der Waals surface area contributed by atoms with Crippen LogP contribution in [0.3, 0.4) is 0 Å². The monoisotopic (exact) mass is 366 g/mol. The number of carbonyl (C=O) groups is 1. The van der Waals surface area contributed by atoms with Gasteiger partial charge in [-0.3, -0.25) is 14.4 Å². The van der Waals surface area contributed by atoms with Gasteiger partial charge < -0.3 is 5.32 Å². The van der Waals surface area contributed by atoms with Crippen molar-refractivity contribution in [1.29, 1.82) is 0 Å². The molecule has 1 aliphatic heterocycles. The summed E-state index contributed by atoms with van der Waals surface area (Å²) in [7, 11) is 1.98. The Labute approximate surface area is 161 Å². The Balaban J connectivity index is 1.32. The third-order valence-electron chi connectivity index (χ3n) is 6.36. The quantitative estimate of drug-likeness (QED) is 0.900. The molecule has 0 bridgehead atoms. The number of nitrogens with one attached hydrogen (secondary N) is 1. The van der Waals surface area contributed by atoms with E-state index < -0.39 is 0 Å². The molecule has 144 valence electrons. The van der Waals surface area contributed by atoms with Crippen LogP contribution in [-0.2, 0) is 18.4 Å². The molecular formula is C22H30N4O. The first-order chi connectivity index (χ1) is 12.8. The zero-order valence-corrected chi connectivity index (χ0v) is 16.9. The molecule has 1 saturated heterocycles. The second-order valence-corrected chi connectivity index (χ2v) is 8.67. The van der Waals surface area contributed by atoms with Crippen LogP contribution in [0.25, 0.3) is 0 Å². The summed E-state index contributed by atoms with van der Waals surface area (Å²) in [5.41, 5.74) is 5.99. The lowest BCUT2D eigenvalue weighted by Crippen LogP contribution is -2.35. The van der Waals surface area contributed by atoms with Gasteiger partial charge in [-0.05, 0) is 81.8 Å². The number of piperidine rings is 1. The number of benzene rings is 1. The van der Waals surface area contributed by atoms with E-state index in [1.807, 2.05) is 11.7 Å². The Morgan fingerprint density at radius 1 is 1.19 bits per heavy atom. The minimum atomic E-state index is 0.181. The largest absolute Gasteiger partial charge is 0.326 e. The molecule has 1 aliphatic carbocycles. The maximum Gasteiger partial charge on any atom is 0.228 e. The zero-order chi connectivity index (χ0) is 19.2. The van der Waals surface area contributed by atoms with Crippen molar-refractivity contribution in [3.8, 4) is 0 Å². The predicted octanol–water partition coefficient (Wildman–Crippen LogP) is 3.59. The van der Waals surface area contributed by atoms with Gasteiger partial charge in [-0.1, -0.05) is 6.07 Å². The van der Waals surface area contributed by atoms with Gasteiger partial charge >= 0.3 is 0 Å². The van der Waals surface area contributed by atoms with Crippen molar-refractivity contribution in [2.45, 2.75) is 46.6 Å². The average Bonchev–Trinajstić information content (AvgIpc) is 3.19. The lowest BCUT2D eigenvalue weighted by atomic mass is 9.90. The predicted molar refractivity (Wildman–Crippen MR) is 108 cm³/mol. The molecule has 5 heteroatoms. The molecule has 1 amide bonds. The summed E-state index contributed by atoms with van der Waals surface area (Å²) in [6, 6.07) is 6.24. The van der Waals surface area contributed by atoms with E-state index in [9.17, 15) is 4.79 Å². The fourth-order valence-corrected chi connectivity index (χ4v) is 4.75. The standard InChI is InChI=1S/C22H30N4O/c1-15-9-16(2)11-19(10-15)23-21(27)20-12-22(20)5-7-26(8-6-22)14-18-13-25(4)24-17(18)3/h9-11,13,20H,5-8,12,14H2,1-4H3,(H,23,27). The first-order valence-electron chi connectivity index (χ1n) is 9.95. The summed E-state index contributed by atoms with van der Waals surface area (Å²) >= 11 is 0. The van der Waals surface area contributed by atoms with E-state index in [-0.39, 0.29) is 17.2 Å². The number of aromatic nitrogens is 2. The molecule has 1 N–H and O–H groups in total. The molecule has 1 atom stereocenters. The number of aryl methyl sites for hydroxylation is 4. The molecule has 1 saturated carbocycles. The van der Waals surface area contributed by atoms with E-state index in [1.165, 1.54) is 16.7 Å². The minimum Gasteiger partial charge on any atom is -0.326 e. The maximum atomic E-state index is 12.8. The molecule has 1 aromatic heterocycles. The molecule has 2 heterocycles. The molecule has 2 aliphatic rings. The van der Waals surface area contributed by atoms with E-state index in [4.69, 9.17) is 0 Å². The smallest absolute Gasteiger partial charge is 0.228 e. The summed E-state index contributed by atoms with van der Waals surface area (Å²) < 4.78 is 1.89. The first kappa shape index (κ1) is 18.2. The van der Waals surface area contributed by atoms with Gasteiger partial charge in [0.2, 0.25) is 5.91 Å². The summed E-state index contributed by atoms with van der Waals surface area (Å²) in [6.45, 7) is 9.33. The lowest BCUT2D eigenvalue weighted by molar-refractivity contribution is -0.118. The minimum absolute atomic E-state index is 0.181. The number of hydrogen-bond donors (Lipinski definition) is 1. The van der Waals surface area contributed by atoms with Gasteiger partial charge in [0, 0.05) is 37.0 Å². The SMILES string of the molecule is Cc1cc(C)cc(NC(=O)C2CC23CCN(Cc2cn(C)nc2C)CC3)c1.